The summed E-state index contributed by atoms with van der Waals surface area (Å²) in [6, 6.07) is 4.78. The lowest BCUT2D eigenvalue weighted by Crippen LogP contribution is -2.27. The normalized spacial score (nSPS) is 11.5. The van der Waals surface area contributed by atoms with Gasteiger partial charge in [0.05, 0.1) is 35.3 Å². The van der Waals surface area contributed by atoms with E-state index in [0.717, 1.165) is 12.1 Å². The maximum Gasteiger partial charge on any atom is 0.416 e. The predicted molar refractivity (Wildman–Crippen MR) is 77.5 cm³/mol. The number of alkyl halides is 3. The average Bonchev–Trinajstić information content (AvgIpc) is 2.88. The Bertz CT molecular complexity index is 696. The van der Waals surface area contributed by atoms with E-state index >= 15 is 0 Å². The van der Waals surface area contributed by atoms with Crippen LogP contribution in [0.5, 0.6) is 0 Å². The summed E-state index contributed by atoms with van der Waals surface area (Å²) in [5, 5.41) is 6.66. The molecule has 23 heavy (non-hydrogen) atoms. The molecule has 8 heteroatoms. The van der Waals surface area contributed by atoms with Crippen LogP contribution in [0.4, 0.5) is 13.2 Å². The number of carbonyl (C=O) groups is 1. The highest BCUT2D eigenvalue weighted by molar-refractivity contribution is 5.95. The number of nitrogens with one attached hydrogen (secondary N) is 1. The maximum absolute atomic E-state index is 12.8. The molecule has 0 aliphatic carbocycles. The summed E-state index contributed by atoms with van der Waals surface area (Å²) < 4.78 is 44.5. The topological polar surface area (TPSA) is 56.1 Å². The summed E-state index contributed by atoms with van der Waals surface area (Å²) in [5.74, 6) is -0.349. The summed E-state index contributed by atoms with van der Waals surface area (Å²) in [6.07, 6.45) is -3.10. The zero-order valence-electron chi connectivity index (χ0n) is 12.6. The number of ether oxygens (including phenoxy) is 1. The third kappa shape index (κ3) is 3.89. The van der Waals surface area contributed by atoms with E-state index in [1.807, 2.05) is 0 Å². The van der Waals surface area contributed by atoms with Crippen molar-refractivity contribution in [3.8, 4) is 5.69 Å². The molecule has 1 heterocycles. The van der Waals surface area contributed by atoms with Gasteiger partial charge in [-0.2, -0.15) is 18.3 Å². The standard InChI is InChI=1S/C15H16F3N3O2/c1-10-13(14(22)19-6-7-23-2)9-20-21(10)12-5-3-4-11(8-12)15(16,17)18/h3-5,8-9H,6-7H2,1-2H3,(H,19,22). The van der Waals surface area contributed by atoms with E-state index in [0.29, 0.717) is 24.4 Å². The molecule has 0 radical (unpaired) electrons. The molecule has 1 aromatic carbocycles. The van der Waals surface area contributed by atoms with Gasteiger partial charge in [-0.3, -0.25) is 4.79 Å². The monoisotopic (exact) mass is 327 g/mol. The number of carbonyl (C=O) groups excluding carboxylic acids is 1. The van der Waals surface area contributed by atoms with Crippen molar-refractivity contribution < 1.29 is 22.7 Å². The molecular formula is C15H16F3N3O2. The van der Waals surface area contributed by atoms with Crippen molar-refractivity contribution >= 4 is 5.91 Å². The van der Waals surface area contributed by atoms with Crippen LogP contribution in [0.15, 0.2) is 30.5 Å². The minimum Gasteiger partial charge on any atom is -0.383 e. The third-order valence-corrected chi connectivity index (χ3v) is 3.26. The van der Waals surface area contributed by atoms with Gasteiger partial charge in [-0.1, -0.05) is 6.07 Å². The zero-order chi connectivity index (χ0) is 17.0. The van der Waals surface area contributed by atoms with Gasteiger partial charge in [0.1, 0.15) is 0 Å². The Balaban J connectivity index is 2.27. The Morgan fingerprint density at radius 1 is 1.39 bits per heavy atom. The molecule has 0 aliphatic rings. The van der Waals surface area contributed by atoms with Crippen molar-refractivity contribution in [2.75, 3.05) is 20.3 Å². The summed E-state index contributed by atoms with van der Waals surface area (Å²) in [7, 11) is 1.52. The number of aromatic nitrogens is 2. The molecule has 2 rings (SSSR count). The second-order valence-corrected chi connectivity index (χ2v) is 4.85. The first kappa shape index (κ1) is 17.0. The van der Waals surface area contributed by atoms with Crippen molar-refractivity contribution in [2.45, 2.75) is 13.1 Å². The fraction of sp³-hybridized carbons (Fsp3) is 0.333. The van der Waals surface area contributed by atoms with E-state index in [2.05, 4.69) is 10.4 Å². The number of amides is 1. The third-order valence-electron chi connectivity index (χ3n) is 3.26. The van der Waals surface area contributed by atoms with E-state index in [4.69, 9.17) is 4.74 Å². The van der Waals surface area contributed by atoms with Crippen LogP contribution in [0.1, 0.15) is 21.6 Å². The van der Waals surface area contributed by atoms with Gasteiger partial charge in [0, 0.05) is 13.7 Å². The van der Waals surface area contributed by atoms with Gasteiger partial charge in [0.15, 0.2) is 0 Å². The first-order valence-corrected chi connectivity index (χ1v) is 6.84. The molecule has 1 N–H and O–H groups in total. The fourth-order valence-corrected chi connectivity index (χ4v) is 2.07. The van der Waals surface area contributed by atoms with Crippen LogP contribution in [0.3, 0.4) is 0 Å². The number of hydrogen-bond donors (Lipinski definition) is 1. The van der Waals surface area contributed by atoms with Gasteiger partial charge >= 0.3 is 6.18 Å². The number of halogens is 3. The van der Waals surface area contributed by atoms with Crippen LogP contribution in [0.2, 0.25) is 0 Å². The van der Waals surface area contributed by atoms with Crippen LogP contribution >= 0.6 is 0 Å². The molecule has 0 atom stereocenters. The largest absolute Gasteiger partial charge is 0.416 e. The summed E-state index contributed by atoms with van der Waals surface area (Å²) >= 11 is 0. The number of hydrogen-bond acceptors (Lipinski definition) is 3. The van der Waals surface area contributed by atoms with Crippen LogP contribution < -0.4 is 5.32 Å². The highest BCUT2D eigenvalue weighted by atomic mass is 19.4. The molecule has 0 spiro atoms. The Labute approximate surface area is 131 Å². The lowest BCUT2D eigenvalue weighted by Gasteiger charge is -2.10. The highest BCUT2D eigenvalue weighted by Crippen LogP contribution is 2.30. The second kappa shape index (κ2) is 6.82. The molecule has 0 unspecified atom stereocenters. The molecule has 1 aromatic heterocycles. The zero-order valence-corrected chi connectivity index (χ0v) is 12.6. The van der Waals surface area contributed by atoms with Gasteiger partial charge < -0.3 is 10.1 Å². The first-order valence-electron chi connectivity index (χ1n) is 6.84. The minimum atomic E-state index is -4.43. The van der Waals surface area contributed by atoms with Gasteiger partial charge in [-0.05, 0) is 25.1 Å². The van der Waals surface area contributed by atoms with Crippen LogP contribution in [-0.2, 0) is 10.9 Å². The quantitative estimate of drug-likeness (QED) is 0.859. The number of benzene rings is 1. The Kier molecular flexibility index (Phi) is 5.05. The molecule has 1 amide bonds. The Morgan fingerprint density at radius 3 is 2.78 bits per heavy atom. The van der Waals surface area contributed by atoms with Crippen LogP contribution in [0.25, 0.3) is 5.69 Å². The number of nitrogens with zero attached hydrogens (tertiary/aromatic N) is 2. The van der Waals surface area contributed by atoms with Crippen molar-refractivity contribution in [2.24, 2.45) is 0 Å². The summed E-state index contributed by atoms with van der Waals surface area (Å²) in [6.45, 7) is 2.33. The SMILES string of the molecule is COCCNC(=O)c1cnn(-c2cccc(C(F)(F)F)c2)c1C. The molecule has 5 nitrogen and oxygen atoms in total. The molecule has 0 saturated carbocycles. The molecule has 0 saturated heterocycles. The molecular weight excluding hydrogens is 311 g/mol. The van der Waals surface area contributed by atoms with Gasteiger partial charge in [0.25, 0.3) is 5.91 Å². The fourth-order valence-electron chi connectivity index (χ4n) is 2.07. The molecule has 2 aromatic rings. The smallest absolute Gasteiger partial charge is 0.383 e. The van der Waals surface area contributed by atoms with E-state index in [-0.39, 0.29) is 11.6 Å². The van der Waals surface area contributed by atoms with E-state index < -0.39 is 11.7 Å². The number of rotatable bonds is 5. The molecule has 0 bridgehead atoms. The van der Waals surface area contributed by atoms with Gasteiger partial charge in [-0.15, -0.1) is 0 Å². The van der Waals surface area contributed by atoms with E-state index in [1.165, 1.54) is 30.1 Å². The van der Waals surface area contributed by atoms with Crippen molar-refractivity contribution in [3.63, 3.8) is 0 Å². The number of methoxy groups -OCH3 is 1. The van der Waals surface area contributed by atoms with Crippen molar-refractivity contribution in [1.29, 1.82) is 0 Å². The lowest BCUT2D eigenvalue weighted by molar-refractivity contribution is -0.137. The van der Waals surface area contributed by atoms with Crippen LogP contribution in [0, 0.1) is 6.92 Å². The predicted octanol–water partition coefficient (Wildman–Crippen LogP) is 2.58. The van der Waals surface area contributed by atoms with E-state index in [9.17, 15) is 18.0 Å². The first-order chi connectivity index (χ1) is 10.8. The van der Waals surface area contributed by atoms with E-state index in [1.54, 1.807) is 6.92 Å². The Morgan fingerprint density at radius 2 is 2.13 bits per heavy atom. The lowest BCUT2D eigenvalue weighted by atomic mass is 10.2. The van der Waals surface area contributed by atoms with Crippen LogP contribution in [-0.4, -0.2) is 35.9 Å². The average molecular weight is 327 g/mol. The molecule has 124 valence electrons. The van der Waals surface area contributed by atoms with Gasteiger partial charge in [-0.25, -0.2) is 4.68 Å². The summed E-state index contributed by atoms with van der Waals surface area (Å²) in [4.78, 5) is 12.0. The minimum absolute atomic E-state index is 0.244. The summed E-state index contributed by atoms with van der Waals surface area (Å²) in [5.41, 5.74) is 0.238. The maximum atomic E-state index is 12.8. The Hall–Kier alpha value is -2.35. The van der Waals surface area contributed by atoms with Crippen molar-refractivity contribution in [3.05, 3.63) is 47.3 Å². The molecule has 0 fully saturated rings. The second-order valence-electron chi connectivity index (χ2n) is 4.85. The molecule has 0 aliphatic heterocycles. The van der Waals surface area contributed by atoms with Crippen molar-refractivity contribution in [1.82, 2.24) is 15.1 Å². The highest BCUT2D eigenvalue weighted by Gasteiger charge is 2.30. The van der Waals surface area contributed by atoms with Gasteiger partial charge in [0.2, 0.25) is 0 Å².